The van der Waals surface area contributed by atoms with Gasteiger partial charge in [-0.25, -0.2) is 0 Å². The van der Waals surface area contributed by atoms with E-state index in [1.54, 1.807) is 0 Å². The van der Waals surface area contributed by atoms with Crippen LogP contribution in [-0.4, -0.2) is 49.5 Å². The average molecular weight is 360 g/mol. The molecule has 0 aliphatic heterocycles. The zero-order valence-corrected chi connectivity index (χ0v) is 14.4. The van der Waals surface area contributed by atoms with Crippen LogP contribution >= 0.6 is 0 Å². The van der Waals surface area contributed by atoms with Gasteiger partial charge in [0.2, 0.25) is 0 Å². The molecule has 0 amide bonds. The second kappa shape index (κ2) is 9.43. The van der Waals surface area contributed by atoms with Gasteiger partial charge in [-0.15, -0.1) is 0 Å². The molecule has 0 bridgehead atoms. The summed E-state index contributed by atoms with van der Waals surface area (Å²) in [4.78, 5) is 10.9. The lowest BCUT2D eigenvalue weighted by Gasteiger charge is -2.18. The zero-order chi connectivity index (χ0) is 17.4. The Morgan fingerprint density at radius 3 is 1.91 bits per heavy atom. The van der Waals surface area contributed by atoms with Gasteiger partial charge in [-0.1, -0.05) is 25.7 Å². The summed E-state index contributed by atoms with van der Waals surface area (Å²) < 4.78 is 67.0. The molecule has 0 aromatic carbocycles. The van der Waals surface area contributed by atoms with Gasteiger partial charge in [-0.3, -0.25) is 13.9 Å². The largest absolute Gasteiger partial charge is 0.469 e. The molecule has 2 unspecified atom stereocenters. The minimum atomic E-state index is -4.56. The molecule has 0 saturated carbocycles. The van der Waals surface area contributed by atoms with Crippen LogP contribution in [-0.2, 0) is 29.8 Å². The highest BCUT2D eigenvalue weighted by Crippen LogP contribution is 2.19. The second-order valence-corrected chi connectivity index (χ2v) is 8.57. The molecule has 10 heteroatoms. The van der Waals surface area contributed by atoms with Gasteiger partial charge in [0.1, 0.15) is 10.5 Å². The fourth-order valence-corrected chi connectivity index (χ4v) is 4.38. The van der Waals surface area contributed by atoms with Crippen molar-refractivity contribution in [1.29, 1.82) is 0 Å². The highest BCUT2D eigenvalue weighted by atomic mass is 32.2. The van der Waals surface area contributed by atoms with E-state index in [1.165, 1.54) is 7.11 Å². The lowest BCUT2D eigenvalue weighted by atomic mass is 10.1. The minimum Gasteiger partial charge on any atom is -0.469 e. The third kappa shape index (κ3) is 8.66. The highest BCUT2D eigenvalue weighted by molar-refractivity contribution is 7.90. The van der Waals surface area contributed by atoms with Crippen LogP contribution in [0.25, 0.3) is 0 Å². The number of methoxy groups -OCH3 is 1. The fourth-order valence-electron chi connectivity index (χ4n) is 2.06. The summed E-state index contributed by atoms with van der Waals surface area (Å²) in [6.45, 7) is 1.05. The molecule has 0 radical (unpaired) electrons. The molecule has 8 nitrogen and oxygen atoms in total. The molecular formula is C12H24O8S2. The van der Waals surface area contributed by atoms with E-state index in [1.807, 2.05) is 0 Å². The van der Waals surface area contributed by atoms with Crippen molar-refractivity contribution in [3.63, 3.8) is 0 Å². The van der Waals surface area contributed by atoms with Crippen LogP contribution < -0.4 is 0 Å². The molecule has 0 spiro atoms. The van der Waals surface area contributed by atoms with E-state index < -0.39 is 30.7 Å². The van der Waals surface area contributed by atoms with Crippen LogP contribution in [0.5, 0.6) is 0 Å². The minimum absolute atomic E-state index is 0.0587. The topological polar surface area (TPSA) is 135 Å². The molecule has 0 aliphatic rings. The number of hydrogen-bond donors (Lipinski definition) is 2. The predicted molar refractivity (Wildman–Crippen MR) is 80.7 cm³/mol. The highest BCUT2D eigenvalue weighted by Gasteiger charge is 2.36. The molecule has 2 N–H and O–H groups in total. The van der Waals surface area contributed by atoms with Crippen molar-refractivity contribution in [3.8, 4) is 0 Å². The standard InChI is InChI=1S/C12H24O8S2/c1-10(21(14,15)16)11(22(17,18)19)8-6-4-3-5-7-9-12(13)20-2/h10-11H,3-9H2,1-2H3,(H,14,15,16)(H,17,18,19). The van der Waals surface area contributed by atoms with Gasteiger partial charge in [0.25, 0.3) is 20.2 Å². The second-order valence-electron chi connectivity index (χ2n) is 5.16. The molecule has 0 fully saturated rings. The van der Waals surface area contributed by atoms with Crippen LogP contribution in [0.1, 0.15) is 51.9 Å². The first-order chi connectivity index (χ1) is 10.00. The van der Waals surface area contributed by atoms with Gasteiger partial charge in [0, 0.05) is 6.42 Å². The van der Waals surface area contributed by atoms with Gasteiger partial charge in [0.15, 0.2) is 0 Å². The lowest BCUT2D eigenvalue weighted by Crippen LogP contribution is -2.37. The molecule has 0 heterocycles. The van der Waals surface area contributed by atoms with Gasteiger partial charge in [0.05, 0.1) is 7.11 Å². The first-order valence-corrected chi connectivity index (χ1v) is 10.00. The van der Waals surface area contributed by atoms with Crippen LogP contribution in [0.3, 0.4) is 0 Å². The summed E-state index contributed by atoms with van der Waals surface area (Å²) in [6, 6.07) is 0. The maximum atomic E-state index is 11.2. The molecule has 0 rings (SSSR count). The third-order valence-electron chi connectivity index (χ3n) is 3.47. The Kier molecular flexibility index (Phi) is 9.13. The molecule has 132 valence electrons. The Bertz CT molecular complexity index is 537. The quantitative estimate of drug-likeness (QED) is 0.321. The van der Waals surface area contributed by atoms with E-state index in [-0.39, 0.29) is 12.4 Å². The molecule has 2 atom stereocenters. The van der Waals surface area contributed by atoms with Crippen molar-refractivity contribution >= 4 is 26.2 Å². The van der Waals surface area contributed by atoms with Crippen LogP contribution in [0.4, 0.5) is 0 Å². The van der Waals surface area contributed by atoms with Crippen molar-refractivity contribution in [2.45, 2.75) is 62.4 Å². The Hall–Kier alpha value is -0.710. The summed E-state index contributed by atoms with van der Waals surface area (Å²) in [6.07, 6.45) is 3.46. The summed E-state index contributed by atoms with van der Waals surface area (Å²) in [7, 11) is -7.79. The summed E-state index contributed by atoms with van der Waals surface area (Å²) in [5, 5.41) is -3.13. The smallest absolute Gasteiger partial charge is 0.305 e. The molecular weight excluding hydrogens is 336 g/mol. The van der Waals surface area contributed by atoms with E-state index >= 15 is 0 Å². The van der Waals surface area contributed by atoms with Gasteiger partial charge in [-0.2, -0.15) is 16.8 Å². The number of carbonyl (C=O) groups is 1. The van der Waals surface area contributed by atoms with E-state index in [0.29, 0.717) is 25.7 Å². The number of ether oxygens (including phenoxy) is 1. The Morgan fingerprint density at radius 1 is 0.955 bits per heavy atom. The predicted octanol–water partition coefficient (Wildman–Crippen LogP) is 1.42. The van der Waals surface area contributed by atoms with E-state index in [0.717, 1.165) is 19.8 Å². The maximum Gasteiger partial charge on any atom is 0.305 e. The van der Waals surface area contributed by atoms with Crippen LogP contribution in [0.2, 0.25) is 0 Å². The number of esters is 1. The Labute approximate surface area is 131 Å². The molecule has 0 aromatic rings. The average Bonchev–Trinajstić information content (AvgIpc) is 2.38. The van der Waals surface area contributed by atoms with Crippen molar-refractivity contribution < 1.29 is 35.5 Å². The molecule has 0 saturated heterocycles. The molecule has 22 heavy (non-hydrogen) atoms. The number of hydrogen-bond acceptors (Lipinski definition) is 6. The monoisotopic (exact) mass is 360 g/mol. The Morgan fingerprint density at radius 2 is 1.45 bits per heavy atom. The molecule has 0 aromatic heterocycles. The summed E-state index contributed by atoms with van der Waals surface area (Å²) in [5.41, 5.74) is 0. The van der Waals surface area contributed by atoms with E-state index in [9.17, 15) is 21.6 Å². The lowest BCUT2D eigenvalue weighted by molar-refractivity contribution is -0.140. The summed E-state index contributed by atoms with van der Waals surface area (Å²) in [5.74, 6) is -0.284. The Balaban J connectivity index is 4.20. The number of rotatable bonds is 11. The number of carbonyl (C=O) groups excluding carboxylic acids is 1. The van der Waals surface area contributed by atoms with Gasteiger partial charge < -0.3 is 4.74 Å². The van der Waals surface area contributed by atoms with Crippen molar-refractivity contribution in [3.05, 3.63) is 0 Å². The molecule has 0 aliphatic carbocycles. The van der Waals surface area contributed by atoms with Crippen LogP contribution in [0, 0.1) is 0 Å². The van der Waals surface area contributed by atoms with Gasteiger partial charge in [-0.05, 0) is 19.8 Å². The van der Waals surface area contributed by atoms with Crippen LogP contribution in [0.15, 0.2) is 0 Å². The normalized spacial score (nSPS) is 15.3. The maximum absolute atomic E-state index is 11.2. The third-order valence-corrected chi connectivity index (χ3v) is 6.32. The fraction of sp³-hybridized carbons (Fsp3) is 0.917. The van der Waals surface area contributed by atoms with Crippen molar-refractivity contribution in [1.82, 2.24) is 0 Å². The SMILES string of the molecule is COC(=O)CCCCCCCC(C(C)S(=O)(=O)O)S(=O)(=O)O. The first-order valence-electron chi connectivity index (χ1n) is 6.99. The summed E-state index contributed by atoms with van der Waals surface area (Å²) >= 11 is 0. The number of unbranched alkanes of at least 4 members (excludes halogenated alkanes) is 4. The van der Waals surface area contributed by atoms with Gasteiger partial charge >= 0.3 is 5.97 Å². The van der Waals surface area contributed by atoms with Crippen molar-refractivity contribution in [2.75, 3.05) is 7.11 Å². The van der Waals surface area contributed by atoms with E-state index in [4.69, 9.17) is 9.11 Å². The van der Waals surface area contributed by atoms with Crippen molar-refractivity contribution in [2.24, 2.45) is 0 Å². The zero-order valence-electron chi connectivity index (χ0n) is 12.8. The first kappa shape index (κ1) is 21.3. The van der Waals surface area contributed by atoms with E-state index in [2.05, 4.69) is 4.74 Å².